The average molecular weight is 296 g/mol. The summed E-state index contributed by atoms with van der Waals surface area (Å²) >= 11 is 0. The predicted octanol–water partition coefficient (Wildman–Crippen LogP) is 1.53. The van der Waals surface area contributed by atoms with Crippen LogP contribution in [0.1, 0.15) is 11.4 Å². The standard InChI is InChI=1S/C16H20N6/c1-22(9-7-12-10-18-19-11-12)16-13-4-2-3-5-14(13)20-15(21-16)6-8-17/h2-5,10-11H,6-9,17H2,1H3,(H,18,19). The number of para-hydroxylation sites is 1. The topological polar surface area (TPSA) is 83.7 Å². The first-order valence-electron chi connectivity index (χ1n) is 7.42. The van der Waals surface area contributed by atoms with Gasteiger partial charge in [-0.2, -0.15) is 5.10 Å². The molecule has 6 heteroatoms. The zero-order valence-electron chi connectivity index (χ0n) is 12.7. The maximum Gasteiger partial charge on any atom is 0.139 e. The van der Waals surface area contributed by atoms with Gasteiger partial charge in [-0.1, -0.05) is 12.1 Å². The van der Waals surface area contributed by atoms with Crippen molar-refractivity contribution in [2.24, 2.45) is 5.73 Å². The number of likely N-dealkylation sites (N-methyl/N-ethyl adjacent to an activating group) is 1. The summed E-state index contributed by atoms with van der Waals surface area (Å²) in [5.41, 5.74) is 7.80. The van der Waals surface area contributed by atoms with Gasteiger partial charge in [0, 0.05) is 31.6 Å². The van der Waals surface area contributed by atoms with Crippen molar-refractivity contribution in [3.05, 3.63) is 48.0 Å². The van der Waals surface area contributed by atoms with Crippen LogP contribution in [0.2, 0.25) is 0 Å². The molecule has 1 aromatic carbocycles. The molecule has 2 heterocycles. The van der Waals surface area contributed by atoms with Crippen molar-refractivity contribution in [3.63, 3.8) is 0 Å². The lowest BCUT2D eigenvalue weighted by Crippen LogP contribution is -2.22. The summed E-state index contributed by atoms with van der Waals surface area (Å²) in [4.78, 5) is 11.5. The van der Waals surface area contributed by atoms with E-state index in [9.17, 15) is 0 Å². The number of hydrogen-bond acceptors (Lipinski definition) is 5. The zero-order valence-corrected chi connectivity index (χ0v) is 12.7. The summed E-state index contributed by atoms with van der Waals surface area (Å²) in [5, 5.41) is 7.89. The Hall–Kier alpha value is -2.47. The Bertz CT molecular complexity index is 737. The largest absolute Gasteiger partial charge is 0.359 e. The number of H-pyrrole nitrogens is 1. The molecule has 0 amide bonds. The molecule has 0 unspecified atom stereocenters. The van der Waals surface area contributed by atoms with Gasteiger partial charge >= 0.3 is 0 Å². The van der Waals surface area contributed by atoms with Crippen molar-refractivity contribution in [2.75, 3.05) is 25.0 Å². The fraction of sp³-hybridized carbons (Fsp3) is 0.312. The molecule has 3 rings (SSSR count). The zero-order chi connectivity index (χ0) is 15.4. The van der Waals surface area contributed by atoms with E-state index in [0.29, 0.717) is 13.0 Å². The van der Waals surface area contributed by atoms with E-state index >= 15 is 0 Å². The number of benzene rings is 1. The van der Waals surface area contributed by atoms with E-state index in [4.69, 9.17) is 10.7 Å². The first kappa shape index (κ1) is 14.5. The molecule has 0 atom stereocenters. The SMILES string of the molecule is CN(CCc1cn[nH]c1)c1nc(CCN)nc2ccccc12. The molecule has 114 valence electrons. The highest BCUT2D eigenvalue weighted by Crippen LogP contribution is 2.23. The highest BCUT2D eigenvalue weighted by Gasteiger charge is 2.11. The van der Waals surface area contributed by atoms with Crippen LogP contribution in [0.4, 0.5) is 5.82 Å². The first-order valence-corrected chi connectivity index (χ1v) is 7.42. The van der Waals surface area contributed by atoms with Crippen LogP contribution in [-0.4, -0.2) is 40.3 Å². The second-order valence-corrected chi connectivity index (χ2v) is 5.30. The van der Waals surface area contributed by atoms with Gasteiger partial charge in [0.1, 0.15) is 11.6 Å². The fourth-order valence-electron chi connectivity index (χ4n) is 2.46. The molecule has 0 bridgehead atoms. The van der Waals surface area contributed by atoms with Crippen LogP contribution in [0.5, 0.6) is 0 Å². The molecule has 3 N–H and O–H groups in total. The molecule has 22 heavy (non-hydrogen) atoms. The summed E-state index contributed by atoms with van der Waals surface area (Å²) in [5.74, 6) is 1.75. The molecule has 0 fully saturated rings. The molecular weight excluding hydrogens is 276 g/mol. The molecule has 0 saturated carbocycles. The lowest BCUT2D eigenvalue weighted by molar-refractivity contribution is 0.832. The number of nitrogens with two attached hydrogens (primary N) is 1. The van der Waals surface area contributed by atoms with Crippen molar-refractivity contribution >= 4 is 16.7 Å². The maximum atomic E-state index is 5.65. The number of nitrogens with zero attached hydrogens (tertiary/aromatic N) is 4. The number of rotatable bonds is 6. The summed E-state index contributed by atoms with van der Waals surface area (Å²) < 4.78 is 0. The molecule has 0 aliphatic rings. The van der Waals surface area contributed by atoms with Gasteiger partial charge in [0.25, 0.3) is 0 Å². The Morgan fingerprint density at radius 1 is 1.18 bits per heavy atom. The van der Waals surface area contributed by atoms with Gasteiger partial charge in [0.05, 0.1) is 11.7 Å². The minimum Gasteiger partial charge on any atom is -0.359 e. The van der Waals surface area contributed by atoms with Gasteiger partial charge in [-0.3, -0.25) is 5.10 Å². The summed E-state index contributed by atoms with van der Waals surface area (Å²) in [6.45, 7) is 1.42. The van der Waals surface area contributed by atoms with E-state index < -0.39 is 0 Å². The normalized spacial score (nSPS) is 11.0. The van der Waals surface area contributed by atoms with Gasteiger partial charge < -0.3 is 10.6 Å². The molecule has 0 radical (unpaired) electrons. The van der Waals surface area contributed by atoms with Crippen molar-refractivity contribution < 1.29 is 0 Å². The molecule has 6 nitrogen and oxygen atoms in total. The second kappa shape index (κ2) is 6.53. The van der Waals surface area contributed by atoms with E-state index in [-0.39, 0.29) is 0 Å². The smallest absolute Gasteiger partial charge is 0.139 e. The van der Waals surface area contributed by atoms with E-state index in [2.05, 4.69) is 33.2 Å². The molecular formula is C16H20N6. The molecule has 0 aliphatic carbocycles. The van der Waals surface area contributed by atoms with E-state index in [1.54, 1.807) is 0 Å². The first-order chi connectivity index (χ1) is 10.8. The van der Waals surface area contributed by atoms with E-state index in [0.717, 1.165) is 35.5 Å². The van der Waals surface area contributed by atoms with Gasteiger partial charge in [-0.05, 0) is 30.7 Å². The highest BCUT2D eigenvalue weighted by molar-refractivity contribution is 5.89. The number of nitrogens with one attached hydrogen (secondary N) is 1. The number of hydrogen-bond donors (Lipinski definition) is 2. The molecule has 0 spiro atoms. The number of aromatic amines is 1. The van der Waals surface area contributed by atoms with Crippen molar-refractivity contribution in [2.45, 2.75) is 12.8 Å². The monoisotopic (exact) mass is 296 g/mol. The Kier molecular flexibility index (Phi) is 4.29. The average Bonchev–Trinajstić information content (AvgIpc) is 3.05. The predicted molar refractivity (Wildman–Crippen MR) is 87.9 cm³/mol. The number of aromatic nitrogens is 4. The van der Waals surface area contributed by atoms with Crippen LogP contribution < -0.4 is 10.6 Å². The lowest BCUT2D eigenvalue weighted by atomic mass is 10.2. The van der Waals surface area contributed by atoms with Crippen LogP contribution in [-0.2, 0) is 12.8 Å². The summed E-state index contributed by atoms with van der Waals surface area (Å²) in [6.07, 6.45) is 5.38. The Morgan fingerprint density at radius 2 is 2.05 bits per heavy atom. The molecule has 2 aromatic heterocycles. The maximum absolute atomic E-state index is 5.65. The quantitative estimate of drug-likeness (QED) is 0.721. The molecule has 3 aromatic rings. The van der Waals surface area contributed by atoms with Gasteiger partial charge in [-0.15, -0.1) is 0 Å². The van der Waals surface area contributed by atoms with Crippen LogP contribution in [0, 0.1) is 0 Å². The van der Waals surface area contributed by atoms with Crippen LogP contribution in [0.25, 0.3) is 10.9 Å². The third kappa shape index (κ3) is 3.07. The second-order valence-electron chi connectivity index (χ2n) is 5.30. The Morgan fingerprint density at radius 3 is 2.82 bits per heavy atom. The van der Waals surface area contributed by atoms with Crippen LogP contribution in [0.15, 0.2) is 36.7 Å². The summed E-state index contributed by atoms with van der Waals surface area (Å²) in [6, 6.07) is 8.09. The number of fused-ring (bicyclic) bond motifs is 1. The Labute approximate surface area is 129 Å². The summed E-state index contributed by atoms with van der Waals surface area (Å²) in [7, 11) is 2.06. The van der Waals surface area contributed by atoms with Crippen molar-refractivity contribution in [1.29, 1.82) is 0 Å². The molecule has 0 saturated heterocycles. The van der Waals surface area contributed by atoms with Crippen LogP contribution in [0.3, 0.4) is 0 Å². The van der Waals surface area contributed by atoms with Gasteiger partial charge in [-0.25, -0.2) is 9.97 Å². The van der Waals surface area contributed by atoms with Crippen molar-refractivity contribution in [1.82, 2.24) is 20.2 Å². The highest BCUT2D eigenvalue weighted by atomic mass is 15.2. The van der Waals surface area contributed by atoms with Crippen molar-refractivity contribution in [3.8, 4) is 0 Å². The fourth-order valence-corrected chi connectivity index (χ4v) is 2.46. The third-order valence-corrected chi connectivity index (χ3v) is 3.65. The van der Waals surface area contributed by atoms with Crippen LogP contribution >= 0.6 is 0 Å². The number of anilines is 1. The van der Waals surface area contributed by atoms with Gasteiger partial charge in [0.15, 0.2) is 0 Å². The third-order valence-electron chi connectivity index (χ3n) is 3.65. The van der Waals surface area contributed by atoms with E-state index in [1.165, 1.54) is 5.56 Å². The van der Waals surface area contributed by atoms with E-state index in [1.807, 2.05) is 30.6 Å². The minimum absolute atomic E-state index is 0.552. The molecule has 0 aliphatic heterocycles. The van der Waals surface area contributed by atoms with Gasteiger partial charge in [0.2, 0.25) is 0 Å². The Balaban J connectivity index is 1.89. The lowest BCUT2D eigenvalue weighted by Gasteiger charge is -2.20. The minimum atomic E-state index is 0.552.